The summed E-state index contributed by atoms with van der Waals surface area (Å²) in [5, 5.41) is 7.05. The molecule has 0 spiro atoms. The standard InChI is InChI=1S/C30H31ClN8O/c1-18-8-10-19(11-9-18)17-39-24-23(20-14-22(31)16-32-15-20)33-26(27-36-29(40)38-37-27)34-25(24)35-28(39)30(12-5-13-30)21-6-3-2-4-7-21/h2-4,6-7,14-16,18-19H,5,8-13,17H2,1H3,(H2,36,37,38,40)/t18-,19-. The van der Waals surface area contributed by atoms with E-state index in [0.717, 1.165) is 48.6 Å². The third-order valence-electron chi connectivity index (χ3n) is 8.83. The Morgan fingerprint density at radius 1 is 1.05 bits per heavy atom. The summed E-state index contributed by atoms with van der Waals surface area (Å²) in [5.74, 6) is 2.92. The Morgan fingerprint density at radius 2 is 1.85 bits per heavy atom. The van der Waals surface area contributed by atoms with Gasteiger partial charge < -0.3 is 4.57 Å². The highest BCUT2D eigenvalue weighted by molar-refractivity contribution is 6.30. The summed E-state index contributed by atoms with van der Waals surface area (Å²) in [7, 11) is 0. The monoisotopic (exact) mass is 554 g/mol. The van der Waals surface area contributed by atoms with Crippen LogP contribution in [0.25, 0.3) is 34.1 Å². The minimum atomic E-state index is -0.417. The van der Waals surface area contributed by atoms with Gasteiger partial charge in [0.05, 0.1) is 10.4 Å². The van der Waals surface area contributed by atoms with Gasteiger partial charge in [0, 0.05) is 24.5 Å². The van der Waals surface area contributed by atoms with Crippen LogP contribution in [0, 0.1) is 11.8 Å². The summed E-state index contributed by atoms with van der Waals surface area (Å²) in [4.78, 5) is 34.1. The molecule has 204 valence electrons. The van der Waals surface area contributed by atoms with Crippen LogP contribution in [0.2, 0.25) is 5.02 Å². The maximum absolute atomic E-state index is 11.9. The summed E-state index contributed by atoms with van der Waals surface area (Å²) in [6.45, 7) is 3.21. The average Bonchev–Trinajstić information content (AvgIpc) is 3.53. The van der Waals surface area contributed by atoms with E-state index < -0.39 is 5.69 Å². The number of halogens is 1. The van der Waals surface area contributed by atoms with Crippen molar-refractivity contribution in [3.05, 3.63) is 75.7 Å². The number of nitrogens with one attached hydrogen (secondary N) is 2. The number of hydrogen-bond donors (Lipinski definition) is 2. The molecule has 2 fully saturated rings. The molecule has 0 atom stereocenters. The summed E-state index contributed by atoms with van der Waals surface area (Å²) in [6.07, 6.45) is 11.5. The number of benzene rings is 1. The van der Waals surface area contributed by atoms with Gasteiger partial charge in [0.15, 0.2) is 17.3 Å². The first-order chi connectivity index (χ1) is 19.5. The fraction of sp³-hybridized carbons (Fsp3) is 0.400. The molecular weight excluding hydrogens is 524 g/mol. The lowest BCUT2D eigenvalue weighted by Crippen LogP contribution is -2.39. The second kappa shape index (κ2) is 9.96. The van der Waals surface area contributed by atoms with Crippen LogP contribution in [0.1, 0.15) is 63.3 Å². The quantitative estimate of drug-likeness (QED) is 0.269. The van der Waals surface area contributed by atoms with E-state index in [2.05, 4.69) is 62.0 Å². The van der Waals surface area contributed by atoms with Crippen molar-refractivity contribution in [3.8, 4) is 22.9 Å². The van der Waals surface area contributed by atoms with Gasteiger partial charge >= 0.3 is 5.69 Å². The Balaban J connectivity index is 1.50. The van der Waals surface area contributed by atoms with E-state index in [1.165, 1.54) is 31.2 Å². The molecule has 2 N–H and O–H groups in total. The molecule has 7 rings (SSSR count). The molecule has 0 aliphatic heterocycles. The van der Waals surface area contributed by atoms with Gasteiger partial charge in [0.25, 0.3) is 0 Å². The van der Waals surface area contributed by atoms with E-state index >= 15 is 0 Å². The Morgan fingerprint density at radius 3 is 2.52 bits per heavy atom. The van der Waals surface area contributed by atoms with Crippen molar-refractivity contribution in [3.63, 3.8) is 0 Å². The number of H-pyrrole nitrogens is 2. The number of aromatic nitrogens is 8. The van der Waals surface area contributed by atoms with Crippen molar-refractivity contribution >= 4 is 22.8 Å². The molecule has 0 unspecified atom stereocenters. The first kappa shape index (κ1) is 25.1. The summed E-state index contributed by atoms with van der Waals surface area (Å²) >= 11 is 6.41. The van der Waals surface area contributed by atoms with Crippen LogP contribution >= 0.6 is 11.6 Å². The third-order valence-corrected chi connectivity index (χ3v) is 9.04. The highest BCUT2D eigenvalue weighted by Gasteiger charge is 2.45. The summed E-state index contributed by atoms with van der Waals surface area (Å²) in [6, 6.07) is 12.6. The maximum Gasteiger partial charge on any atom is 0.341 e. The summed E-state index contributed by atoms with van der Waals surface area (Å²) < 4.78 is 2.40. The van der Waals surface area contributed by atoms with E-state index in [-0.39, 0.29) is 11.2 Å². The van der Waals surface area contributed by atoms with Crippen LogP contribution in [0.5, 0.6) is 0 Å². The van der Waals surface area contributed by atoms with Crippen molar-refractivity contribution in [1.82, 2.24) is 39.7 Å². The Hall–Kier alpha value is -3.85. The van der Waals surface area contributed by atoms with Crippen LogP contribution in [-0.2, 0) is 12.0 Å². The number of fused-ring (bicyclic) bond motifs is 1. The van der Waals surface area contributed by atoms with Crippen LogP contribution in [0.4, 0.5) is 0 Å². The second-order valence-corrected chi connectivity index (χ2v) is 11.9. The van der Waals surface area contributed by atoms with Crippen molar-refractivity contribution in [2.45, 2.75) is 63.8 Å². The molecule has 2 aliphatic carbocycles. The molecule has 4 aromatic heterocycles. The molecule has 0 radical (unpaired) electrons. The van der Waals surface area contributed by atoms with Gasteiger partial charge in [-0.05, 0) is 49.1 Å². The van der Waals surface area contributed by atoms with E-state index in [4.69, 9.17) is 26.6 Å². The lowest BCUT2D eigenvalue weighted by molar-refractivity contribution is 0.242. The normalized spacial score (nSPS) is 20.4. The van der Waals surface area contributed by atoms with Gasteiger partial charge in [-0.1, -0.05) is 68.1 Å². The van der Waals surface area contributed by atoms with Gasteiger partial charge in [-0.15, -0.1) is 5.10 Å². The highest BCUT2D eigenvalue weighted by Crippen LogP contribution is 2.50. The largest absolute Gasteiger partial charge is 0.341 e. The van der Waals surface area contributed by atoms with Crippen LogP contribution in [0.15, 0.2) is 53.6 Å². The molecule has 0 amide bonds. The van der Waals surface area contributed by atoms with Crippen molar-refractivity contribution in [2.75, 3.05) is 0 Å². The molecular formula is C30H31ClN8O. The van der Waals surface area contributed by atoms with Crippen LogP contribution in [0.3, 0.4) is 0 Å². The number of pyridine rings is 1. The second-order valence-electron chi connectivity index (χ2n) is 11.5. The first-order valence-corrected chi connectivity index (χ1v) is 14.5. The molecule has 2 aliphatic rings. The van der Waals surface area contributed by atoms with E-state index in [1.807, 2.05) is 6.07 Å². The zero-order chi connectivity index (χ0) is 27.3. The summed E-state index contributed by atoms with van der Waals surface area (Å²) in [5.41, 5.74) is 3.60. The number of rotatable bonds is 6. The molecule has 0 saturated heterocycles. The predicted octanol–water partition coefficient (Wildman–Crippen LogP) is 5.92. The zero-order valence-electron chi connectivity index (χ0n) is 22.4. The van der Waals surface area contributed by atoms with E-state index in [1.54, 1.807) is 12.4 Å². The lowest BCUT2D eigenvalue weighted by atomic mass is 9.63. The number of nitrogens with zero attached hydrogens (tertiary/aromatic N) is 6. The minimum absolute atomic E-state index is 0.186. The van der Waals surface area contributed by atoms with Gasteiger partial charge in [0.2, 0.25) is 0 Å². The number of aromatic amines is 2. The van der Waals surface area contributed by atoms with Crippen LogP contribution in [-0.4, -0.2) is 39.7 Å². The van der Waals surface area contributed by atoms with Gasteiger partial charge in [-0.3, -0.25) is 9.97 Å². The van der Waals surface area contributed by atoms with Crippen molar-refractivity contribution in [2.24, 2.45) is 11.8 Å². The Bertz CT molecular complexity index is 1730. The maximum atomic E-state index is 11.9. The molecule has 1 aromatic carbocycles. The predicted molar refractivity (Wildman–Crippen MR) is 154 cm³/mol. The SMILES string of the molecule is C[C@H]1CC[C@H](Cn2c(C3(c4ccccc4)CCC3)nc3nc(-c4n[nH]c(=O)[nH]4)nc(-c4cncc(Cl)c4)c32)CC1. The zero-order valence-corrected chi connectivity index (χ0v) is 23.2. The van der Waals surface area contributed by atoms with Crippen molar-refractivity contribution < 1.29 is 0 Å². The molecule has 0 bridgehead atoms. The Labute approximate surface area is 236 Å². The average molecular weight is 555 g/mol. The number of hydrogen-bond acceptors (Lipinski definition) is 6. The fourth-order valence-electron chi connectivity index (χ4n) is 6.50. The highest BCUT2D eigenvalue weighted by atomic mass is 35.5. The minimum Gasteiger partial charge on any atom is -0.324 e. The topological polar surface area (TPSA) is 118 Å². The molecule has 5 aromatic rings. The van der Waals surface area contributed by atoms with E-state index in [0.29, 0.717) is 28.1 Å². The third kappa shape index (κ3) is 4.33. The smallest absolute Gasteiger partial charge is 0.324 e. The number of imidazole rings is 1. The van der Waals surface area contributed by atoms with Gasteiger partial charge in [-0.2, -0.15) is 0 Å². The molecule has 4 heterocycles. The van der Waals surface area contributed by atoms with Crippen molar-refractivity contribution in [1.29, 1.82) is 0 Å². The Kier molecular flexibility index (Phi) is 6.26. The van der Waals surface area contributed by atoms with Gasteiger partial charge in [-0.25, -0.2) is 24.8 Å². The first-order valence-electron chi connectivity index (χ1n) is 14.1. The molecule has 2 saturated carbocycles. The van der Waals surface area contributed by atoms with E-state index in [9.17, 15) is 4.79 Å². The molecule has 40 heavy (non-hydrogen) atoms. The molecule has 10 heteroatoms. The lowest BCUT2D eigenvalue weighted by Gasteiger charge is -2.42. The molecule has 9 nitrogen and oxygen atoms in total. The van der Waals surface area contributed by atoms with Crippen LogP contribution < -0.4 is 5.69 Å². The van der Waals surface area contributed by atoms with Gasteiger partial charge in [0.1, 0.15) is 17.0 Å². The fourth-order valence-corrected chi connectivity index (χ4v) is 6.68.